The number of nitrogens with one attached hydrogen (secondary N) is 1. The molecule has 0 bridgehead atoms. The lowest BCUT2D eigenvalue weighted by molar-refractivity contribution is 0.231. The van der Waals surface area contributed by atoms with Gasteiger partial charge in [0.1, 0.15) is 0 Å². The van der Waals surface area contributed by atoms with Gasteiger partial charge in [-0.05, 0) is 42.5 Å². The van der Waals surface area contributed by atoms with Crippen LogP contribution in [0.4, 0.5) is 0 Å². The maximum atomic E-state index is 9.15. The third kappa shape index (κ3) is 3.54. The summed E-state index contributed by atoms with van der Waals surface area (Å²) in [5, 5.41) is 15.1. The fourth-order valence-electron chi connectivity index (χ4n) is 2.33. The van der Waals surface area contributed by atoms with E-state index in [2.05, 4.69) is 36.7 Å². The zero-order valence-corrected chi connectivity index (χ0v) is 11.5. The van der Waals surface area contributed by atoms with Crippen molar-refractivity contribution in [3.05, 3.63) is 22.4 Å². The Balaban J connectivity index is 2.01. The van der Waals surface area contributed by atoms with E-state index in [1.54, 1.807) is 0 Å². The zero-order chi connectivity index (χ0) is 12.3. The van der Waals surface area contributed by atoms with Gasteiger partial charge in [-0.15, -0.1) is 11.3 Å². The second-order valence-electron chi connectivity index (χ2n) is 5.36. The number of rotatable bonds is 7. The SMILES string of the molecule is CC(C)C(CCO)NC(c1cccs1)C1CC1. The Labute approximate surface area is 108 Å². The highest BCUT2D eigenvalue weighted by molar-refractivity contribution is 7.10. The molecule has 1 aliphatic rings. The van der Waals surface area contributed by atoms with Crippen LogP contribution in [0.5, 0.6) is 0 Å². The molecule has 0 aliphatic heterocycles. The molecule has 17 heavy (non-hydrogen) atoms. The highest BCUT2D eigenvalue weighted by atomic mass is 32.1. The molecule has 1 aromatic heterocycles. The van der Waals surface area contributed by atoms with E-state index in [9.17, 15) is 0 Å². The Morgan fingerprint density at radius 3 is 2.71 bits per heavy atom. The molecule has 2 atom stereocenters. The highest BCUT2D eigenvalue weighted by Gasteiger charge is 2.34. The van der Waals surface area contributed by atoms with Crippen LogP contribution in [0.25, 0.3) is 0 Å². The molecule has 1 heterocycles. The minimum atomic E-state index is 0.275. The van der Waals surface area contributed by atoms with E-state index < -0.39 is 0 Å². The molecule has 0 spiro atoms. The van der Waals surface area contributed by atoms with E-state index in [1.165, 1.54) is 17.7 Å². The minimum Gasteiger partial charge on any atom is -0.396 e. The van der Waals surface area contributed by atoms with Crippen LogP contribution in [-0.4, -0.2) is 17.8 Å². The lowest BCUT2D eigenvalue weighted by Crippen LogP contribution is -2.38. The van der Waals surface area contributed by atoms with Crippen LogP contribution >= 0.6 is 11.3 Å². The second kappa shape index (κ2) is 5.98. The summed E-state index contributed by atoms with van der Waals surface area (Å²) in [6.07, 6.45) is 3.55. The fraction of sp³-hybridized carbons (Fsp3) is 0.714. The van der Waals surface area contributed by atoms with Crippen LogP contribution < -0.4 is 5.32 Å². The first-order valence-electron chi connectivity index (χ1n) is 6.62. The normalized spacial score (nSPS) is 19.5. The lowest BCUT2D eigenvalue weighted by atomic mass is 9.98. The molecule has 0 saturated heterocycles. The summed E-state index contributed by atoms with van der Waals surface area (Å²) in [4.78, 5) is 1.45. The Bertz CT molecular complexity index is 319. The number of aliphatic hydroxyl groups is 1. The Hall–Kier alpha value is -0.380. The largest absolute Gasteiger partial charge is 0.396 e. The lowest BCUT2D eigenvalue weighted by Gasteiger charge is -2.27. The van der Waals surface area contributed by atoms with E-state index in [0.29, 0.717) is 18.0 Å². The number of aliphatic hydroxyl groups excluding tert-OH is 1. The van der Waals surface area contributed by atoms with Crippen LogP contribution in [0.1, 0.15) is 44.0 Å². The van der Waals surface area contributed by atoms with Crippen LogP contribution in [0.3, 0.4) is 0 Å². The van der Waals surface area contributed by atoms with Crippen molar-refractivity contribution in [3.63, 3.8) is 0 Å². The summed E-state index contributed by atoms with van der Waals surface area (Å²) in [5.74, 6) is 1.39. The molecule has 0 amide bonds. The molecule has 0 radical (unpaired) electrons. The summed E-state index contributed by atoms with van der Waals surface area (Å²) in [6.45, 7) is 4.73. The smallest absolute Gasteiger partial charge is 0.0445 e. The van der Waals surface area contributed by atoms with Gasteiger partial charge in [-0.3, -0.25) is 0 Å². The molecule has 1 fully saturated rings. The quantitative estimate of drug-likeness (QED) is 0.782. The van der Waals surface area contributed by atoms with Crippen molar-refractivity contribution in [2.45, 2.75) is 45.2 Å². The molecule has 96 valence electrons. The molecule has 2 nitrogen and oxygen atoms in total. The molecule has 3 heteroatoms. The molecule has 0 aromatic carbocycles. The summed E-state index contributed by atoms with van der Waals surface area (Å²) in [7, 11) is 0. The van der Waals surface area contributed by atoms with Gasteiger partial charge < -0.3 is 10.4 Å². The van der Waals surface area contributed by atoms with Gasteiger partial charge in [0.15, 0.2) is 0 Å². The summed E-state index contributed by atoms with van der Waals surface area (Å²) < 4.78 is 0. The molecule has 1 aliphatic carbocycles. The maximum Gasteiger partial charge on any atom is 0.0445 e. The van der Waals surface area contributed by atoms with Crippen LogP contribution in [0.2, 0.25) is 0 Å². The fourth-order valence-corrected chi connectivity index (χ4v) is 3.21. The van der Waals surface area contributed by atoms with Crippen molar-refractivity contribution < 1.29 is 5.11 Å². The van der Waals surface area contributed by atoms with E-state index in [1.807, 2.05) is 11.3 Å². The molecule has 1 aromatic rings. The van der Waals surface area contributed by atoms with Gasteiger partial charge in [-0.1, -0.05) is 19.9 Å². The number of hydrogen-bond acceptors (Lipinski definition) is 3. The average Bonchev–Trinajstić information content (AvgIpc) is 2.99. The monoisotopic (exact) mass is 253 g/mol. The summed E-state index contributed by atoms with van der Waals surface area (Å²) in [6, 6.07) is 5.30. The van der Waals surface area contributed by atoms with E-state index >= 15 is 0 Å². The van der Waals surface area contributed by atoms with E-state index in [0.717, 1.165) is 12.3 Å². The zero-order valence-electron chi connectivity index (χ0n) is 10.7. The number of thiophene rings is 1. The van der Waals surface area contributed by atoms with Gasteiger partial charge in [-0.2, -0.15) is 0 Å². The summed E-state index contributed by atoms with van der Waals surface area (Å²) >= 11 is 1.85. The predicted octanol–water partition coefficient (Wildman–Crippen LogP) is 3.20. The Morgan fingerprint density at radius 2 is 2.24 bits per heavy atom. The molecular formula is C14H23NOS. The van der Waals surface area contributed by atoms with Crippen molar-refractivity contribution in [1.29, 1.82) is 0 Å². The second-order valence-corrected chi connectivity index (χ2v) is 6.34. The first kappa shape index (κ1) is 13.1. The van der Waals surface area contributed by atoms with Gasteiger partial charge in [-0.25, -0.2) is 0 Å². The van der Waals surface area contributed by atoms with Crippen LogP contribution in [0.15, 0.2) is 17.5 Å². The van der Waals surface area contributed by atoms with Crippen molar-refractivity contribution in [2.24, 2.45) is 11.8 Å². The molecule has 2 rings (SSSR count). The predicted molar refractivity (Wildman–Crippen MR) is 73.2 cm³/mol. The van der Waals surface area contributed by atoms with Gasteiger partial charge in [0, 0.05) is 23.6 Å². The molecule has 1 saturated carbocycles. The third-order valence-electron chi connectivity index (χ3n) is 3.58. The van der Waals surface area contributed by atoms with Gasteiger partial charge in [0.2, 0.25) is 0 Å². The molecule has 2 N–H and O–H groups in total. The summed E-state index contributed by atoms with van der Waals surface area (Å²) in [5.41, 5.74) is 0. The van der Waals surface area contributed by atoms with Crippen molar-refractivity contribution in [3.8, 4) is 0 Å². The van der Waals surface area contributed by atoms with Crippen molar-refractivity contribution in [1.82, 2.24) is 5.32 Å². The van der Waals surface area contributed by atoms with Gasteiger partial charge in [0.05, 0.1) is 0 Å². The minimum absolute atomic E-state index is 0.275. The first-order chi connectivity index (χ1) is 8.22. The Morgan fingerprint density at radius 1 is 1.47 bits per heavy atom. The van der Waals surface area contributed by atoms with Gasteiger partial charge >= 0.3 is 0 Å². The van der Waals surface area contributed by atoms with Crippen LogP contribution in [0, 0.1) is 11.8 Å². The Kier molecular flexibility index (Phi) is 4.60. The van der Waals surface area contributed by atoms with Gasteiger partial charge in [0.25, 0.3) is 0 Å². The first-order valence-corrected chi connectivity index (χ1v) is 7.50. The standard InChI is InChI=1S/C14H23NOS/c1-10(2)12(7-8-16)15-14(11-5-6-11)13-4-3-9-17-13/h3-4,9-12,14-16H,5-8H2,1-2H3. The third-order valence-corrected chi connectivity index (χ3v) is 4.54. The highest BCUT2D eigenvalue weighted by Crippen LogP contribution is 2.42. The number of hydrogen-bond donors (Lipinski definition) is 2. The van der Waals surface area contributed by atoms with Crippen molar-refractivity contribution in [2.75, 3.05) is 6.61 Å². The maximum absolute atomic E-state index is 9.15. The van der Waals surface area contributed by atoms with E-state index in [-0.39, 0.29) is 6.61 Å². The average molecular weight is 253 g/mol. The van der Waals surface area contributed by atoms with Crippen LogP contribution in [-0.2, 0) is 0 Å². The topological polar surface area (TPSA) is 32.3 Å². The van der Waals surface area contributed by atoms with E-state index in [4.69, 9.17) is 5.11 Å². The molecular weight excluding hydrogens is 230 g/mol. The molecule has 2 unspecified atom stereocenters. The van der Waals surface area contributed by atoms with Crippen molar-refractivity contribution >= 4 is 11.3 Å².